The summed E-state index contributed by atoms with van der Waals surface area (Å²) in [6.45, 7) is 0.679. The van der Waals surface area contributed by atoms with E-state index in [2.05, 4.69) is 16.4 Å². The molecule has 0 radical (unpaired) electrons. The van der Waals surface area contributed by atoms with Crippen molar-refractivity contribution in [1.82, 2.24) is 10.3 Å². The number of hydrogen-bond donors (Lipinski definition) is 2. The Bertz CT molecular complexity index is 1030. The number of ether oxygens (including phenoxy) is 2. The van der Waals surface area contributed by atoms with E-state index in [4.69, 9.17) is 20.5 Å². The lowest BCUT2D eigenvalue weighted by atomic mass is 10.2. The number of benzene rings is 2. The van der Waals surface area contributed by atoms with Crippen LogP contribution in [0.4, 0.5) is 5.82 Å². The van der Waals surface area contributed by atoms with Crippen LogP contribution in [-0.4, -0.2) is 18.0 Å². The highest BCUT2D eigenvalue weighted by molar-refractivity contribution is 5.98. The first-order chi connectivity index (χ1) is 14.1. The molecular weight excluding hydrogens is 368 g/mol. The molecule has 0 bridgehead atoms. The van der Waals surface area contributed by atoms with Gasteiger partial charge in [0.05, 0.1) is 29.5 Å². The third kappa shape index (κ3) is 5.31. The van der Waals surface area contributed by atoms with E-state index >= 15 is 0 Å². The van der Waals surface area contributed by atoms with E-state index in [1.807, 2.05) is 24.3 Å². The lowest BCUT2D eigenvalue weighted by Crippen LogP contribution is -2.24. The fourth-order valence-corrected chi connectivity index (χ4v) is 2.62. The average molecular weight is 388 g/mol. The molecule has 7 nitrogen and oxygen atoms in total. The Hall–Kier alpha value is -3.89. The summed E-state index contributed by atoms with van der Waals surface area (Å²) in [6.07, 6.45) is 0. The number of nitrogens with two attached hydrogens (primary N) is 1. The fourth-order valence-electron chi connectivity index (χ4n) is 2.62. The maximum absolute atomic E-state index is 12.4. The molecule has 7 heteroatoms. The molecule has 1 aromatic heterocycles. The zero-order valence-electron chi connectivity index (χ0n) is 15.9. The Morgan fingerprint density at radius 3 is 2.31 bits per heavy atom. The van der Waals surface area contributed by atoms with Gasteiger partial charge < -0.3 is 20.5 Å². The largest absolute Gasteiger partial charge is 0.457 e. The fraction of sp³-hybridized carbons (Fsp3) is 0.136. The molecule has 0 atom stereocenters. The number of hydrogen-bond acceptors (Lipinski definition) is 6. The van der Waals surface area contributed by atoms with Gasteiger partial charge in [-0.25, -0.2) is 4.98 Å². The first kappa shape index (κ1) is 19.9. The summed E-state index contributed by atoms with van der Waals surface area (Å²) >= 11 is 0. The topological polar surface area (TPSA) is 110 Å². The third-order valence-electron chi connectivity index (χ3n) is 4.11. The van der Waals surface area contributed by atoms with Gasteiger partial charge in [0.2, 0.25) is 0 Å². The molecule has 0 fully saturated rings. The molecule has 0 unspecified atom stereocenters. The molecule has 0 aliphatic carbocycles. The normalized spacial score (nSPS) is 10.2. The number of rotatable bonds is 7. The van der Waals surface area contributed by atoms with Gasteiger partial charge in [0, 0.05) is 13.7 Å². The van der Waals surface area contributed by atoms with Crippen LogP contribution in [0.25, 0.3) is 0 Å². The monoisotopic (exact) mass is 388 g/mol. The van der Waals surface area contributed by atoms with Gasteiger partial charge in [0.25, 0.3) is 5.91 Å². The maximum Gasteiger partial charge on any atom is 0.255 e. The lowest BCUT2D eigenvalue weighted by Gasteiger charge is -2.10. The number of carbonyl (C=O) groups excluding carboxylic acids is 1. The summed E-state index contributed by atoms with van der Waals surface area (Å²) in [5, 5.41) is 11.7. The van der Waals surface area contributed by atoms with Gasteiger partial charge in [-0.05, 0) is 54.1 Å². The highest BCUT2D eigenvalue weighted by Gasteiger charge is 2.11. The van der Waals surface area contributed by atoms with E-state index in [-0.39, 0.29) is 11.7 Å². The Morgan fingerprint density at radius 2 is 1.72 bits per heavy atom. The summed E-state index contributed by atoms with van der Waals surface area (Å²) in [5.41, 5.74) is 8.35. The van der Waals surface area contributed by atoms with Crippen molar-refractivity contribution in [3.05, 3.63) is 83.0 Å². The lowest BCUT2D eigenvalue weighted by molar-refractivity contribution is 0.0951. The van der Waals surface area contributed by atoms with Crippen LogP contribution in [0, 0.1) is 11.3 Å². The van der Waals surface area contributed by atoms with Gasteiger partial charge >= 0.3 is 0 Å². The summed E-state index contributed by atoms with van der Waals surface area (Å²) < 4.78 is 10.7. The van der Waals surface area contributed by atoms with Crippen molar-refractivity contribution in [3.8, 4) is 17.6 Å². The zero-order chi connectivity index (χ0) is 20.6. The molecule has 1 heterocycles. The molecular formula is C22H20N4O3. The Kier molecular flexibility index (Phi) is 6.40. The van der Waals surface area contributed by atoms with Crippen LogP contribution in [0.3, 0.4) is 0 Å². The second-order valence-corrected chi connectivity index (χ2v) is 6.23. The quantitative estimate of drug-likeness (QED) is 0.642. The highest BCUT2D eigenvalue weighted by Crippen LogP contribution is 2.22. The van der Waals surface area contributed by atoms with Crippen molar-refractivity contribution in [2.75, 3.05) is 12.8 Å². The number of anilines is 1. The van der Waals surface area contributed by atoms with Crippen LogP contribution in [0.15, 0.2) is 60.7 Å². The first-order valence-corrected chi connectivity index (χ1v) is 8.88. The number of methoxy groups -OCH3 is 1. The summed E-state index contributed by atoms with van der Waals surface area (Å²) in [6, 6.07) is 19.6. The summed E-state index contributed by atoms with van der Waals surface area (Å²) in [5.74, 6) is 1.18. The van der Waals surface area contributed by atoms with E-state index in [1.165, 1.54) is 0 Å². The van der Waals surface area contributed by atoms with Crippen LogP contribution in [-0.2, 0) is 17.9 Å². The molecule has 0 spiro atoms. The number of nitrogens with zero attached hydrogens (tertiary/aromatic N) is 2. The molecule has 0 aliphatic rings. The van der Waals surface area contributed by atoms with E-state index in [0.29, 0.717) is 41.5 Å². The van der Waals surface area contributed by atoms with Crippen LogP contribution in [0.1, 0.15) is 27.2 Å². The van der Waals surface area contributed by atoms with Gasteiger partial charge in [-0.1, -0.05) is 12.1 Å². The van der Waals surface area contributed by atoms with Crippen molar-refractivity contribution >= 4 is 11.7 Å². The second-order valence-electron chi connectivity index (χ2n) is 6.23. The number of nitrogens with one attached hydrogen (secondary N) is 1. The van der Waals surface area contributed by atoms with Crippen LogP contribution in [0.2, 0.25) is 0 Å². The van der Waals surface area contributed by atoms with Crippen LogP contribution < -0.4 is 15.8 Å². The number of nitriles is 1. The molecule has 0 saturated carbocycles. The molecule has 3 N–H and O–H groups in total. The van der Waals surface area contributed by atoms with Gasteiger partial charge in [-0.2, -0.15) is 5.26 Å². The molecule has 146 valence electrons. The van der Waals surface area contributed by atoms with Crippen LogP contribution >= 0.6 is 0 Å². The van der Waals surface area contributed by atoms with Gasteiger partial charge in [0.1, 0.15) is 17.3 Å². The predicted octanol–water partition coefficient (Wildman–Crippen LogP) is 3.40. The van der Waals surface area contributed by atoms with Crippen molar-refractivity contribution in [2.45, 2.75) is 13.2 Å². The molecule has 3 rings (SSSR count). The number of aromatic nitrogens is 1. The SMILES string of the molecule is COCc1ccc(C(=O)NCc2ccc(Oc3ccc(C#N)cc3)cc2)c(N)n1. The van der Waals surface area contributed by atoms with Crippen molar-refractivity contribution in [1.29, 1.82) is 5.26 Å². The number of carbonyl (C=O) groups is 1. The van der Waals surface area contributed by atoms with E-state index in [1.54, 1.807) is 43.5 Å². The van der Waals surface area contributed by atoms with Gasteiger partial charge in [-0.3, -0.25) is 4.79 Å². The minimum absolute atomic E-state index is 0.170. The summed E-state index contributed by atoms with van der Waals surface area (Å²) in [4.78, 5) is 16.5. The summed E-state index contributed by atoms with van der Waals surface area (Å²) in [7, 11) is 1.57. The molecule has 2 aromatic carbocycles. The Labute approximate surface area is 168 Å². The standard InChI is InChI=1S/C22H20N4O3/c1-28-14-17-6-11-20(21(24)26-17)22(27)25-13-16-4-9-19(10-5-16)29-18-7-2-15(12-23)3-8-18/h2-11H,13-14H2,1H3,(H2,24,26)(H,25,27). The number of nitrogen functional groups attached to an aromatic ring is 1. The first-order valence-electron chi connectivity index (χ1n) is 8.88. The smallest absolute Gasteiger partial charge is 0.255 e. The van der Waals surface area contributed by atoms with Gasteiger partial charge in [0.15, 0.2) is 0 Å². The van der Waals surface area contributed by atoms with Crippen molar-refractivity contribution in [2.24, 2.45) is 0 Å². The third-order valence-corrected chi connectivity index (χ3v) is 4.11. The predicted molar refractivity (Wildman–Crippen MR) is 108 cm³/mol. The molecule has 29 heavy (non-hydrogen) atoms. The van der Waals surface area contributed by atoms with Crippen molar-refractivity contribution in [3.63, 3.8) is 0 Å². The second kappa shape index (κ2) is 9.35. The zero-order valence-corrected chi connectivity index (χ0v) is 15.9. The maximum atomic E-state index is 12.4. The molecule has 0 saturated heterocycles. The van der Waals surface area contributed by atoms with E-state index in [0.717, 1.165) is 5.56 Å². The van der Waals surface area contributed by atoms with Crippen LogP contribution in [0.5, 0.6) is 11.5 Å². The van der Waals surface area contributed by atoms with E-state index < -0.39 is 0 Å². The highest BCUT2D eigenvalue weighted by atomic mass is 16.5. The Morgan fingerprint density at radius 1 is 1.07 bits per heavy atom. The number of amides is 1. The minimum Gasteiger partial charge on any atom is -0.457 e. The van der Waals surface area contributed by atoms with E-state index in [9.17, 15) is 4.79 Å². The minimum atomic E-state index is -0.295. The molecule has 1 amide bonds. The number of pyridine rings is 1. The molecule has 0 aliphatic heterocycles. The molecule has 3 aromatic rings. The Balaban J connectivity index is 1.57. The van der Waals surface area contributed by atoms with Crippen molar-refractivity contribution < 1.29 is 14.3 Å². The van der Waals surface area contributed by atoms with Gasteiger partial charge in [-0.15, -0.1) is 0 Å². The average Bonchev–Trinajstić information content (AvgIpc) is 2.74.